The Bertz CT molecular complexity index is 522. The van der Waals surface area contributed by atoms with E-state index in [1.165, 1.54) is 11.1 Å². The van der Waals surface area contributed by atoms with E-state index >= 15 is 0 Å². The number of hydrogen-bond acceptors (Lipinski definition) is 2. The average molecular weight is 262 g/mol. The number of nitrogens with one attached hydrogen (secondary N) is 1. The first-order chi connectivity index (χ1) is 8.83. The summed E-state index contributed by atoms with van der Waals surface area (Å²) in [7, 11) is 0. The lowest BCUT2D eigenvalue weighted by molar-refractivity contribution is 0.484. The Balaban J connectivity index is 1.59. The van der Waals surface area contributed by atoms with Crippen molar-refractivity contribution in [2.24, 2.45) is 0 Å². The molecule has 0 bridgehead atoms. The summed E-state index contributed by atoms with van der Waals surface area (Å²) in [6, 6.07) is 8.64. The fraction of sp³-hybridized carbons (Fsp3) is 0.357. The number of fused-ring (bicyclic) bond motifs is 1. The van der Waals surface area contributed by atoms with E-state index in [-0.39, 0.29) is 0 Å². The molecule has 3 nitrogen and oxygen atoms in total. The summed E-state index contributed by atoms with van der Waals surface area (Å²) in [5.41, 5.74) is 2.79. The summed E-state index contributed by atoms with van der Waals surface area (Å²) in [6.07, 6.45) is 6.08. The van der Waals surface area contributed by atoms with Crippen molar-refractivity contribution in [2.75, 3.05) is 6.54 Å². The van der Waals surface area contributed by atoms with Gasteiger partial charge in [-0.25, -0.2) is 0 Å². The van der Waals surface area contributed by atoms with E-state index in [2.05, 4.69) is 22.5 Å². The maximum absolute atomic E-state index is 6.01. The van der Waals surface area contributed by atoms with Crippen molar-refractivity contribution < 1.29 is 0 Å². The molecule has 1 N–H and O–H groups in total. The van der Waals surface area contributed by atoms with Gasteiger partial charge < -0.3 is 5.32 Å². The predicted octanol–water partition coefficient (Wildman–Crippen LogP) is 2.81. The van der Waals surface area contributed by atoms with E-state index in [0.717, 1.165) is 31.0 Å². The second-order valence-electron chi connectivity index (χ2n) is 4.66. The molecule has 18 heavy (non-hydrogen) atoms. The highest BCUT2D eigenvalue weighted by atomic mass is 35.5. The van der Waals surface area contributed by atoms with Crippen LogP contribution in [-0.2, 0) is 13.0 Å². The van der Waals surface area contributed by atoms with Gasteiger partial charge in [-0.15, -0.1) is 0 Å². The third-order valence-electron chi connectivity index (χ3n) is 3.47. The lowest BCUT2D eigenvalue weighted by Crippen LogP contribution is -2.24. The molecule has 1 aliphatic rings. The smallest absolute Gasteiger partial charge is 0.0534 e. The third-order valence-corrected chi connectivity index (χ3v) is 3.71. The van der Waals surface area contributed by atoms with Crippen molar-refractivity contribution in [3.05, 3.63) is 52.8 Å². The minimum Gasteiger partial charge on any atom is -0.308 e. The Hall–Kier alpha value is -1.32. The SMILES string of the molecule is Clc1ccc2c(c1)CCC2NCCn1cccn1. The van der Waals surface area contributed by atoms with Crippen LogP contribution in [-0.4, -0.2) is 16.3 Å². The maximum Gasteiger partial charge on any atom is 0.0534 e. The van der Waals surface area contributed by atoms with Crippen LogP contribution in [0, 0.1) is 0 Å². The largest absolute Gasteiger partial charge is 0.308 e. The molecule has 1 heterocycles. The van der Waals surface area contributed by atoms with Gasteiger partial charge in [0, 0.05) is 30.0 Å². The summed E-state index contributed by atoms with van der Waals surface area (Å²) in [5, 5.41) is 8.63. The molecule has 0 radical (unpaired) electrons. The maximum atomic E-state index is 6.01. The second-order valence-corrected chi connectivity index (χ2v) is 5.09. The number of hydrogen-bond donors (Lipinski definition) is 1. The van der Waals surface area contributed by atoms with Crippen molar-refractivity contribution in [1.29, 1.82) is 0 Å². The number of rotatable bonds is 4. The minimum absolute atomic E-state index is 0.466. The molecule has 1 aliphatic carbocycles. The highest BCUT2D eigenvalue weighted by Crippen LogP contribution is 2.32. The molecule has 2 aromatic rings. The third kappa shape index (κ3) is 2.42. The first-order valence-electron chi connectivity index (χ1n) is 6.32. The van der Waals surface area contributed by atoms with Crippen LogP contribution in [0.1, 0.15) is 23.6 Å². The lowest BCUT2D eigenvalue weighted by atomic mass is 10.1. The highest BCUT2D eigenvalue weighted by Gasteiger charge is 2.21. The Kier molecular flexibility index (Phi) is 3.35. The molecule has 4 heteroatoms. The van der Waals surface area contributed by atoms with Gasteiger partial charge in [-0.1, -0.05) is 17.7 Å². The van der Waals surface area contributed by atoms with Crippen LogP contribution in [0.4, 0.5) is 0 Å². The van der Waals surface area contributed by atoms with Crippen molar-refractivity contribution in [3.63, 3.8) is 0 Å². The van der Waals surface area contributed by atoms with Gasteiger partial charge in [0.2, 0.25) is 0 Å². The minimum atomic E-state index is 0.466. The molecular formula is C14H16ClN3. The summed E-state index contributed by atoms with van der Waals surface area (Å²) >= 11 is 6.01. The van der Waals surface area contributed by atoms with E-state index in [4.69, 9.17) is 11.6 Å². The van der Waals surface area contributed by atoms with Gasteiger partial charge in [-0.2, -0.15) is 5.10 Å². The lowest BCUT2D eigenvalue weighted by Gasteiger charge is -2.14. The zero-order valence-electron chi connectivity index (χ0n) is 10.1. The quantitative estimate of drug-likeness (QED) is 0.917. The summed E-state index contributed by atoms with van der Waals surface area (Å²) in [4.78, 5) is 0. The van der Waals surface area contributed by atoms with Crippen LogP contribution >= 0.6 is 11.6 Å². The zero-order chi connectivity index (χ0) is 12.4. The van der Waals surface area contributed by atoms with Crippen LogP contribution in [0.25, 0.3) is 0 Å². The van der Waals surface area contributed by atoms with E-state index in [1.54, 1.807) is 0 Å². The number of nitrogens with zero attached hydrogens (tertiary/aromatic N) is 2. The summed E-state index contributed by atoms with van der Waals surface area (Å²) in [6.45, 7) is 1.85. The van der Waals surface area contributed by atoms with Gasteiger partial charge in [-0.3, -0.25) is 4.68 Å². The van der Waals surface area contributed by atoms with Gasteiger partial charge >= 0.3 is 0 Å². The molecule has 0 spiro atoms. The molecule has 0 fully saturated rings. The molecule has 1 aromatic carbocycles. The number of aryl methyl sites for hydroxylation is 1. The number of halogens is 1. The molecule has 0 aliphatic heterocycles. The standard InChI is InChI=1S/C14H16ClN3/c15-12-3-4-13-11(10-12)2-5-14(13)16-7-9-18-8-1-6-17-18/h1,3-4,6,8,10,14,16H,2,5,7,9H2. The van der Waals surface area contributed by atoms with Crippen molar-refractivity contribution in [1.82, 2.24) is 15.1 Å². The van der Waals surface area contributed by atoms with Gasteiger partial charge in [0.05, 0.1) is 6.54 Å². The molecule has 0 amide bonds. The topological polar surface area (TPSA) is 29.9 Å². The first-order valence-corrected chi connectivity index (χ1v) is 6.70. The molecule has 0 saturated heterocycles. The zero-order valence-corrected chi connectivity index (χ0v) is 10.9. The van der Waals surface area contributed by atoms with Crippen LogP contribution in [0.5, 0.6) is 0 Å². The van der Waals surface area contributed by atoms with Crippen molar-refractivity contribution in [3.8, 4) is 0 Å². The predicted molar refractivity (Wildman–Crippen MR) is 72.7 cm³/mol. The first kappa shape index (κ1) is 11.8. The van der Waals surface area contributed by atoms with Crippen molar-refractivity contribution >= 4 is 11.6 Å². The van der Waals surface area contributed by atoms with E-state index in [1.807, 2.05) is 29.2 Å². The van der Waals surface area contributed by atoms with Crippen LogP contribution in [0.2, 0.25) is 5.02 Å². The summed E-state index contributed by atoms with van der Waals surface area (Å²) in [5.74, 6) is 0. The fourth-order valence-corrected chi connectivity index (χ4v) is 2.78. The Morgan fingerprint density at radius 3 is 3.22 bits per heavy atom. The van der Waals surface area contributed by atoms with Gasteiger partial charge in [0.25, 0.3) is 0 Å². The molecule has 3 rings (SSSR count). The van der Waals surface area contributed by atoms with Gasteiger partial charge in [0.15, 0.2) is 0 Å². The molecule has 94 valence electrons. The molecule has 1 unspecified atom stereocenters. The molecule has 1 atom stereocenters. The number of benzene rings is 1. The number of aromatic nitrogens is 2. The van der Waals surface area contributed by atoms with Crippen LogP contribution in [0.3, 0.4) is 0 Å². The van der Waals surface area contributed by atoms with Gasteiger partial charge in [-0.05, 0) is 42.2 Å². The van der Waals surface area contributed by atoms with Gasteiger partial charge in [0.1, 0.15) is 0 Å². The van der Waals surface area contributed by atoms with Crippen molar-refractivity contribution in [2.45, 2.75) is 25.4 Å². The molecular weight excluding hydrogens is 246 g/mol. The normalized spacial score (nSPS) is 17.9. The molecule has 1 aromatic heterocycles. The Morgan fingerprint density at radius 1 is 1.44 bits per heavy atom. The highest BCUT2D eigenvalue weighted by molar-refractivity contribution is 6.30. The Morgan fingerprint density at radius 2 is 2.39 bits per heavy atom. The Labute approximate surface area is 112 Å². The molecule has 0 saturated carbocycles. The van der Waals surface area contributed by atoms with E-state index in [9.17, 15) is 0 Å². The van der Waals surface area contributed by atoms with Crippen LogP contribution in [0.15, 0.2) is 36.7 Å². The monoisotopic (exact) mass is 261 g/mol. The van der Waals surface area contributed by atoms with E-state index in [0.29, 0.717) is 6.04 Å². The van der Waals surface area contributed by atoms with Crippen LogP contribution < -0.4 is 5.32 Å². The van der Waals surface area contributed by atoms with E-state index < -0.39 is 0 Å². The average Bonchev–Trinajstić information content (AvgIpc) is 2.99. The fourth-order valence-electron chi connectivity index (χ4n) is 2.58. The second kappa shape index (κ2) is 5.12. The summed E-state index contributed by atoms with van der Waals surface area (Å²) < 4.78 is 1.95.